The van der Waals surface area contributed by atoms with Crippen LogP contribution in [0.5, 0.6) is 5.75 Å². The lowest BCUT2D eigenvalue weighted by Crippen LogP contribution is -2.16. The highest BCUT2D eigenvalue weighted by molar-refractivity contribution is 6.32. The molecule has 1 aliphatic carbocycles. The third-order valence-corrected chi connectivity index (χ3v) is 3.65. The van der Waals surface area contributed by atoms with E-state index in [-0.39, 0.29) is 12.4 Å². The summed E-state index contributed by atoms with van der Waals surface area (Å²) in [5.74, 6) is 0.280. The molecule has 21 heavy (non-hydrogen) atoms. The summed E-state index contributed by atoms with van der Waals surface area (Å²) in [7, 11) is 0. The average molecular weight is 307 g/mol. The molecule has 5 heteroatoms. The van der Waals surface area contributed by atoms with Crippen LogP contribution in [0.4, 0.5) is 4.39 Å². The van der Waals surface area contributed by atoms with Crippen molar-refractivity contribution in [1.82, 2.24) is 10.3 Å². The summed E-state index contributed by atoms with van der Waals surface area (Å²) in [5.41, 5.74) is 1.69. The zero-order valence-corrected chi connectivity index (χ0v) is 12.2. The lowest BCUT2D eigenvalue weighted by atomic mass is 10.2. The van der Waals surface area contributed by atoms with Crippen LogP contribution in [-0.4, -0.2) is 11.0 Å². The molecule has 0 unspecified atom stereocenters. The number of hydrogen-bond acceptors (Lipinski definition) is 3. The zero-order valence-electron chi connectivity index (χ0n) is 11.5. The largest absolute Gasteiger partial charge is 0.487 e. The first-order chi connectivity index (χ1) is 10.2. The third kappa shape index (κ3) is 3.93. The number of rotatable bonds is 6. The van der Waals surface area contributed by atoms with E-state index in [0.29, 0.717) is 22.4 Å². The lowest BCUT2D eigenvalue weighted by molar-refractivity contribution is 0.301. The van der Waals surface area contributed by atoms with Gasteiger partial charge in [0, 0.05) is 29.9 Å². The van der Waals surface area contributed by atoms with Crippen LogP contribution in [0.1, 0.15) is 24.0 Å². The van der Waals surface area contributed by atoms with Gasteiger partial charge in [0.15, 0.2) is 0 Å². The van der Waals surface area contributed by atoms with Gasteiger partial charge in [0.2, 0.25) is 0 Å². The van der Waals surface area contributed by atoms with Gasteiger partial charge in [0.25, 0.3) is 0 Å². The van der Waals surface area contributed by atoms with E-state index in [0.717, 1.165) is 12.1 Å². The minimum absolute atomic E-state index is 0.241. The molecule has 110 valence electrons. The van der Waals surface area contributed by atoms with E-state index >= 15 is 0 Å². The smallest absolute Gasteiger partial charge is 0.142 e. The Morgan fingerprint density at radius 3 is 2.95 bits per heavy atom. The van der Waals surface area contributed by atoms with Gasteiger partial charge in [0.05, 0.1) is 11.2 Å². The maximum atomic E-state index is 13.1. The second-order valence-electron chi connectivity index (χ2n) is 5.18. The van der Waals surface area contributed by atoms with Gasteiger partial charge in [-0.3, -0.25) is 4.98 Å². The second-order valence-corrected chi connectivity index (χ2v) is 5.59. The number of benzene rings is 1. The molecule has 0 aliphatic heterocycles. The van der Waals surface area contributed by atoms with E-state index in [1.54, 1.807) is 12.3 Å². The van der Waals surface area contributed by atoms with Crippen LogP contribution in [-0.2, 0) is 13.2 Å². The van der Waals surface area contributed by atoms with Crippen molar-refractivity contribution in [2.75, 3.05) is 0 Å². The summed E-state index contributed by atoms with van der Waals surface area (Å²) in [6.45, 7) is 0.965. The van der Waals surface area contributed by atoms with E-state index in [1.165, 1.54) is 25.1 Å². The quantitative estimate of drug-likeness (QED) is 0.883. The third-order valence-electron chi connectivity index (χ3n) is 3.35. The minimum Gasteiger partial charge on any atom is -0.487 e. The van der Waals surface area contributed by atoms with Gasteiger partial charge in [-0.15, -0.1) is 0 Å². The predicted octanol–water partition coefficient (Wildman–Crippen LogP) is 3.71. The molecule has 3 rings (SSSR count). The van der Waals surface area contributed by atoms with Crippen molar-refractivity contribution in [2.24, 2.45) is 0 Å². The Morgan fingerprint density at radius 1 is 1.33 bits per heavy atom. The van der Waals surface area contributed by atoms with Crippen LogP contribution in [0, 0.1) is 5.82 Å². The molecule has 2 aromatic rings. The second kappa shape index (κ2) is 6.41. The molecule has 1 aromatic heterocycles. The Hall–Kier alpha value is -1.65. The summed E-state index contributed by atoms with van der Waals surface area (Å²) in [4.78, 5) is 3.81. The Morgan fingerprint density at radius 2 is 2.19 bits per heavy atom. The Balaban J connectivity index is 1.70. The molecular weight excluding hydrogens is 291 g/mol. The van der Waals surface area contributed by atoms with Crippen molar-refractivity contribution in [2.45, 2.75) is 32.0 Å². The highest BCUT2D eigenvalue weighted by Crippen LogP contribution is 2.30. The normalized spacial score (nSPS) is 14.2. The molecule has 0 amide bonds. The maximum Gasteiger partial charge on any atom is 0.142 e. The average Bonchev–Trinajstić information content (AvgIpc) is 3.28. The van der Waals surface area contributed by atoms with Crippen LogP contribution < -0.4 is 10.1 Å². The Labute approximate surface area is 128 Å². The summed E-state index contributed by atoms with van der Waals surface area (Å²) in [6.07, 6.45) is 5.21. The van der Waals surface area contributed by atoms with Crippen LogP contribution in [0.15, 0.2) is 36.7 Å². The lowest BCUT2D eigenvalue weighted by Gasteiger charge is -2.13. The van der Waals surface area contributed by atoms with Gasteiger partial charge in [-0.25, -0.2) is 4.39 Å². The molecule has 1 fully saturated rings. The fraction of sp³-hybridized carbons (Fsp3) is 0.312. The van der Waals surface area contributed by atoms with Crippen LogP contribution >= 0.6 is 11.6 Å². The standard InChI is InChI=1S/C16H16ClFN2O/c17-15-3-1-2-12(8-20-14-4-5-14)16(15)21-10-11-6-13(18)9-19-7-11/h1-3,6-7,9,14,20H,4-5,8,10H2. The maximum absolute atomic E-state index is 13.1. The zero-order chi connectivity index (χ0) is 14.7. The molecule has 0 bridgehead atoms. The number of pyridine rings is 1. The fourth-order valence-corrected chi connectivity index (χ4v) is 2.34. The molecule has 1 N–H and O–H groups in total. The van der Waals surface area contributed by atoms with E-state index in [2.05, 4.69) is 10.3 Å². The number of nitrogens with one attached hydrogen (secondary N) is 1. The number of nitrogens with zero attached hydrogens (tertiary/aromatic N) is 1. The van der Waals surface area contributed by atoms with Crippen molar-refractivity contribution < 1.29 is 9.13 Å². The van der Waals surface area contributed by atoms with Gasteiger partial charge in [-0.2, -0.15) is 0 Å². The molecular formula is C16H16ClFN2O. The molecule has 1 heterocycles. The fourth-order valence-electron chi connectivity index (χ4n) is 2.09. The van der Waals surface area contributed by atoms with Crippen molar-refractivity contribution in [3.63, 3.8) is 0 Å². The van der Waals surface area contributed by atoms with Crippen LogP contribution in [0.3, 0.4) is 0 Å². The predicted molar refractivity (Wildman–Crippen MR) is 79.8 cm³/mol. The first-order valence-electron chi connectivity index (χ1n) is 6.95. The highest BCUT2D eigenvalue weighted by Gasteiger charge is 2.21. The molecule has 0 spiro atoms. The van der Waals surface area contributed by atoms with Gasteiger partial charge < -0.3 is 10.1 Å². The summed E-state index contributed by atoms with van der Waals surface area (Å²) in [5, 5.41) is 4.00. The first kappa shape index (κ1) is 14.3. The summed E-state index contributed by atoms with van der Waals surface area (Å²) < 4.78 is 18.9. The van der Waals surface area contributed by atoms with Crippen molar-refractivity contribution in [3.05, 3.63) is 58.6 Å². The molecule has 0 saturated heterocycles. The molecule has 3 nitrogen and oxygen atoms in total. The van der Waals surface area contributed by atoms with Gasteiger partial charge in [0.1, 0.15) is 18.2 Å². The molecule has 0 atom stereocenters. The van der Waals surface area contributed by atoms with Crippen molar-refractivity contribution >= 4 is 11.6 Å². The topological polar surface area (TPSA) is 34.1 Å². The van der Waals surface area contributed by atoms with Gasteiger partial charge in [-0.1, -0.05) is 23.7 Å². The van der Waals surface area contributed by atoms with Gasteiger partial charge in [-0.05, 0) is 25.0 Å². The van der Waals surface area contributed by atoms with E-state index in [9.17, 15) is 4.39 Å². The number of halogens is 2. The SMILES string of the molecule is Fc1cncc(COc2c(Cl)cccc2CNC2CC2)c1. The number of aromatic nitrogens is 1. The van der Waals surface area contributed by atoms with Crippen LogP contribution in [0.25, 0.3) is 0 Å². The number of para-hydroxylation sites is 1. The van der Waals surface area contributed by atoms with E-state index < -0.39 is 0 Å². The molecule has 1 saturated carbocycles. The van der Waals surface area contributed by atoms with Crippen LogP contribution in [0.2, 0.25) is 5.02 Å². The molecule has 1 aliphatic rings. The van der Waals surface area contributed by atoms with Gasteiger partial charge >= 0.3 is 0 Å². The van der Waals surface area contributed by atoms with Crippen molar-refractivity contribution in [3.8, 4) is 5.75 Å². The number of ether oxygens (including phenoxy) is 1. The Kier molecular flexibility index (Phi) is 4.36. The van der Waals surface area contributed by atoms with Crippen molar-refractivity contribution in [1.29, 1.82) is 0 Å². The summed E-state index contributed by atoms with van der Waals surface area (Å²) in [6, 6.07) is 7.71. The molecule has 0 radical (unpaired) electrons. The Bertz CT molecular complexity index is 631. The molecule has 1 aromatic carbocycles. The van der Waals surface area contributed by atoms with E-state index in [4.69, 9.17) is 16.3 Å². The van der Waals surface area contributed by atoms with E-state index in [1.807, 2.05) is 12.1 Å². The number of hydrogen-bond donors (Lipinski definition) is 1. The first-order valence-corrected chi connectivity index (χ1v) is 7.33. The minimum atomic E-state index is -0.370. The summed E-state index contributed by atoms with van der Waals surface area (Å²) >= 11 is 6.22. The monoisotopic (exact) mass is 306 g/mol. The highest BCUT2D eigenvalue weighted by atomic mass is 35.5.